The van der Waals surface area contributed by atoms with Gasteiger partial charge < -0.3 is 23.5 Å². The molecule has 166 valence electrons. The van der Waals surface area contributed by atoms with Crippen molar-refractivity contribution >= 4 is 29.0 Å². The minimum Gasteiger partial charge on any atom is -0.492 e. The van der Waals surface area contributed by atoms with E-state index in [4.69, 9.17) is 41.8 Å². The summed E-state index contributed by atoms with van der Waals surface area (Å²) in [6.07, 6.45) is 1.14. The van der Waals surface area contributed by atoms with Crippen LogP contribution in [0.2, 0.25) is 10.0 Å². The van der Waals surface area contributed by atoms with Crippen LogP contribution in [-0.4, -0.2) is 33.3 Å². The van der Waals surface area contributed by atoms with Crippen molar-refractivity contribution < 1.29 is 28.3 Å². The fourth-order valence-corrected chi connectivity index (χ4v) is 4.89. The molecule has 1 N–H and O–H groups in total. The van der Waals surface area contributed by atoms with E-state index in [2.05, 4.69) is 7.05 Å². The van der Waals surface area contributed by atoms with E-state index in [0.29, 0.717) is 38.6 Å². The van der Waals surface area contributed by atoms with Crippen molar-refractivity contribution in [2.75, 3.05) is 27.5 Å². The molecule has 0 saturated carbocycles. The molecule has 1 aromatic heterocycles. The van der Waals surface area contributed by atoms with Crippen LogP contribution < -0.4 is 19.1 Å². The number of Topliss-reactive ketones (excluding diaryl/α,β-unsaturated/α-hetero) is 1. The van der Waals surface area contributed by atoms with Crippen molar-refractivity contribution in [2.24, 2.45) is 0 Å². The molecule has 0 amide bonds. The number of rotatable bonds is 5. The third kappa shape index (κ3) is 3.62. The topological polar surface area (TPSA) is 62.3 Å². The Hall–Kier alpha value is -2.67. The lowest BCUT2D eigenvalue weighted by Crippen LogP contribution is -3.10. The lowest BCUT2D eigenvalue weighted by molar-refractivity contribution is -0.913. The number of quaternary nitrogens is 1. The maximum absolute atomic E-state index is 13.2. The summed E-state index contributed by atoms with van der Waals surface area (Å²) in [5.74, 6) is 2.65. The molecule has 32 heavy (non-hydrogen) atoms. The van der Waals surface area contributed by atoms with Crippen LogP contribution in [0.1, 0.15) is 34.1 Å². The van der Waals surface area contributed by atoms with Crippen molar-refractivity contribution in [1.29, 1.82) is 0 Å². The molecule has 2 aliphatic heterocycles. The van der Waals surface area contributed by atoms with Crippen LogP contribution in [0.5, 0.6) is 17.2 Å². The number of benzene rings is 2. The molecule has 0 bridgehead atoms. The highest BCUT2D eigenvalue weighted by molar-refractivity contribution is 6.35. The van der Waals surface area contributed by atoms with Gasteiger partial charge in [0.1, 0.15) is 11.8 Å². The highest BCUT2D eigenvalue weighted by Crippen LogP contribution is 2.48. The minimum absolute atomic E-state index is 0.0914. The number of fused-ring (bicyclic) bond motifs is 2. The molecule has 3 aromatic rings. The SMILES string of the molecule is COc1c2c(cc3c1[C@H](CC(=O)c1ccc(-c4cc(Cl)ccc4Cl)o1)[NH+](C)CC3)OCO2. The zero-order valence-electron chi connectivity index (χ0n) is 17.7. The average molecular weight is 475 g/mol. The Morgan fingerprint density at radius 3 is 2.84 bits per heavy atom. The third-order valence-electron chi connectivity index (χ3n) is 6.14. The van der Waals surface area contributed by atoms with Crippen LogP contribution in [0.3, 0.4) is 0 Å². The van der Waals surface area contributed by atoms with Gasteiger partial charge in [0.05, 0.1) is 37.7 Å². The van der Waals surface area contributed by atoms with Crippen LogP contribution >= 0.6 is 23.2 Å². The maximum atomic E-state index is 13.2. The van der Waals surface area contributed by atoms with E-state index >= 15 is 0 Å². The van der Waals surface area contributed by atoms with Gasteiger partial charge in [-0.2, -0.15) is 0 Å². The molecule has 0 radical (unpaired) electrons. The van der Waals surface area contributed by atoms with Crippen molar-refractivity contribution in [3.05, 3.63) is 63.3 Å². The molecule has 0 aliphatic carbocycles. The second kappa shape index (κ2) is 8.35. The smallest absolute Gasteiger partial charge is 0.231 e. The number of ketones is 1. The van der Waals surface area contributed by atoms with Crippen molar-refractivity contribution in [3.63, 3.8) is 0 Å². The predicted molar refractivity (Wildman–Crippen MR) is 120 cm³/mol. The highest BCUT2D eigenvalue weighted by Gasteiger charge is 2.38. The van der Waals surface area contributed by atoms with E-state index in [-0.39, 0.29) is 30.8 Å². The molecule has 5 rings (SSSR count). The first-order valence-corrected chi connectivity index (χ1v) is 11.1. The van der Waals surface area contributed by atoms with Crippen LogP contribution in [0.15, 0.2) is 40.8 Å². The lowest BCUT2D eigenvalue weighted by Gasteiger charge is -2.32. The summed E-state index contributed by atoms with van der Waals surface area (Å²) >= 11 is 12.4. The number of nitrogens with one attached hydrogen (secondary N) is 1. The summed E-state index contributed by atoms with van der Waals surface area (Å²) in [4.78, 5) is 14.5. The van der Waals surface area contributed by atoms with E-state index < -0.39 is 0 Å². The van der Waals surface area contributed by atoms with Crippen LogP contribution in [0.25, 0.3) is 11.3 Å². The van der Waals surface area contributed by atoms with Gasteiger partial charge in [-0.1, -0.05) is 23.2 Å². The van der Waals surface area contributed by atoms with Gasteiger partial charge >= 0.3 is 0 Å². The van der Waals surface area contributed by atoms with Gasteiger partial charge in [-0.3, -0.25) is 4.79 Å². The Morgan fingerprint density at radius 2 is 2.03 bits per heavy atom. The summed E-state index contributed by atoms with van der Waals surface area (Å²) in [6.45, 7) is 1.07. The number of ether oxygens (including phenoxy) is 3. The van der Waals surface area contributed by atoms with Crippen LogP contribution in [0, 0.1) is 0 Å². The van der Waals surface area contributed by atoms with Gasteiger partial charge in [0.2, 0.25) is 18.3 Å². The second-order valence-electron chi connectivity index (χ2n) is 8.03. The molecule has 8 heteroatoms. The van der Waals surface area contributed by atoms with Gasteiger partial charge in [0, 0.05) is 17.0 Å². The van der Waals surface area contributed by atoms with E-state index in [9.17, 15) is 4.79 Å². The fourth-order valence-electron chi connectivity index (χ4n) is 4.50. The summed E-state index contributed by atoms with van der Waals surface area (Å²) < 4.78 is 22.8. The summed E-state index contributed by atoms with van der Waals surface area (Å²) in [7, 11) is 3.71. The Labute approximate surface area is 195 Å². The van der Waals surface area contributed by atoms with E-state index in [1.165, 1.54) is 4.90 Å². The highest BCUT2D eigenvalue weighted by atomic mass is 35.5. The minimum atomic E-state index is -0.0981. The molecular formula is C24H22Cl2NO5+. The van der Waals surface area contributed by atoms with Gasteiger partial charge in [-0.15, -0.1) is 0 Å². The first-order valence-electron chi connectivity index (χ1n) is 10.4. The molecule has 0 saturated heterocycles. The fraction of sp³-hybridized carbons (Fsp3) is 0.292. The number of likely N-dealkylation sites (N-methyl/N-ethyl adjacent to an activating group) is 1. The number of methoxy groups -OCH3 is 1. The van der Waals surface area contributed by atoms with Crippen LogP contribution in [-0.2, 0) is 6.42 Å². The van der Waals surface area contributed by atoms with E-state index in [0.717, 1.165) is 24.1 Å². The molecular weight excluding hydrogens is 453 g/mol. The van der Waals surface area contributed by atoms with Crippen molar-refractivity contribution in [3.8, 4) is 28.6 Å². The summed E-state index contributed by atoms with van der Waals surface area (Å²) in [5.41, 5.74) is 2.78. The largest absolute Gasteiger partial charge is 0.492 e. The van der Waals surface area contributed by atoms with Gasteiger partial charge in [-0.25, -0.2) is 0 Å². The number of halogens is 2. The average Bonchev–Trinajstić information content (AvgIpc) is 3.45. The van der Waals surface area contributed by atoms with Crippen LogP contribution in [0.4, 0.5) is 0 Å². The molecule has 2 aromatic carbocycles. The van der Waals surface area contributed by atoms with Crippen molar-refractivity contribution in [2.45, 2.75) is 18.9 Å². The predicted octanol–water partition coefficient (Wildman–Crippen LogP) is 4.38. The molecule has 6 nitrogen and oxygen atoms in total. The molecule has 2 atom stereocenters. The number of hydrogen-bond donors (Lipinski definition) is 1. The molecule has 2 aliphatic rings. The Balaban J connectivity index is 1.46. The number of hydrogen-bond acceptors (Lipinski definition) is 5. The number of carbonyl (C=O) groups excluding carboxylic acids is 1. The standard InChI is InChI=1S/C24H21Cl2NO5/c1-27-8-7-13-9-21-23(31-12-30-21)24(29-2)22(13)17(27)11-18(28)20-6-5-19(32-20)15-10-14(25)3-4-16(15)26/h3-6,9-10,17H,7-8,11-12H2,1-2H3/p+1/t17-/m0/s1. The maximum Gasteiger partial charge on any atom is 0.231 e. The summed E-state index contributed by atoms with van der Waals surface area (Å²) in [6, 6.07) is 10.5. The quantitative estimate of drug-likeness (QED) is 0.556. The van der Waals surface area contributed by atoms with E-state index in [1.807, 2.05) is 6.07 Å². The number of furan rings is 1. The third-order valence-corrected chi connectivity index (χ3v) is 6.71. The van der Waals surface area contributed by atoms with E-state index in [1.54, 1.807) is 37.4 Å². The van der Waals surface area contributed by atoms with Gasteiger partial charge in [-0.05, 0) is 42.0 Å². The Bertz CT molecular complexity index is 1210. The van der Waals surface area contributed by atoms with Gasteiger partial charge in [0.15, 0.2) is 17.3 Å². The lowest BCUT2D eigenvalue weighted by atomic mass is 9.88. The monoisotopic (exact) mass is 474 g/mol. The zero-order valence-corrected chi connectivity index (χ0v) is 19.2. The summed E-state index contributed by atoms with van der Waals surface area (Å²) in [5, 5.41) is 1.05. The molecule has 3 heterocycles. The Morgan fingerprint density at radius 1 is 1.19 bits per heavy atom. The molecule has 1 unspecified atom stereocenters. The Kier molecular flexibility index (Phi) is 5.53. The zero-order chi connectivity index (χ0) is 22.4. The normalized spacial score (nSPS) is 19.0. The molecule has 0 fully saturated rings. The first kappa shape index (κ1) is 21.2. The van der Waals surface area contributed by atoms with Crippen molar-refractivity contribution in [1.82, 2.24) is 0 Å². The second-order valence-corrected chi connectivity index (χ2v) is 8.87. The van der Waals surface area contributed by atoms with Gasteiger partial charge in [0.25, 0.3) is 0 Å². The first-order chi connectivity index (χ1) is 15.5. The molecule has 0 spiro atoms. The number of carbonyl (C=O) groups is 1.